The van der Waals surface area contributed by atoms with Gasteiger partial charge in [-0.3, -0.25) is 4.79 Å². The number of benzene rings is 1. The van der Waals surface area contributed by atoms with Crippen LogP contribution in [0.1, 0.15) is 12.0 Å². The van der Waals surface area contributed by atoms with Crippen molar-refractivity contribution in [3.8, 4) is 0 Å². The van der Waals surface area contributed by atoms with Crippen LogP contribution in [-0.4, -0.2) is 51.8 Å². The Morgan fingerprint density at radius 3 is 2.79 bits per heavy atom. The van der Waals surface area contributed by atoms with Crippen LogP contribution in [0.15, 0.2) is 30.5 Å². The Morgan fingerprint density at radius 1 is 1.42 bits per heavy atom. The molecule has 0 saturated carbocycles. The zero-order chi connectivity index (χ0) is 17.5. The number of carbonyl (C=O) groups is 1. The van der Waals surface area contributed by atoms with Gasteiger partial charge in [-0.2, -0.15) is 13.2 Å². The number of amides is 1. The van der Waals surface area contributed by atoms with Gasteiger partial charge in [-0.15, -0.1) is 0 Å². The summed E-state index contributed by atoms with van der Waals surface area (Å²) >= 11 is 0. The van der Waals surface area contributed by atoms with Gasteiger partial charge in [-0.1, -0.05) is 18.2 Å². The molecule has 8 heteroatoms. The van der Waals surface area contributed by atoms with Crippen molar-refractivity contribution in [3.63, 3.8) is 0 Å². The predicted molar refractivity (Wildman–Crippen MR) is 82.2 cm³/mol. The number of hydrogen-bond acceptors (Lipinski definition) is 3. The van der Waals surface area contributed by atoms with E-state index in [1.165, 1.54) is 0 Å². The number of aromatic amines is 1. The van der Waals surface area contributed by atoms with E-state index in [1.54, 1.807) is 6.20 Å². The molecule has 4 N–H and O–H groups in total. The molecule has 24 heavy (non-hydrogen) atoms. The standard InChI is InChI=1S/C16H18F3N3O2/c17-16(18,19)15(24)5-6-22(9-15)14(23)12(20)7-10-8-21-13-4-2-1-3-11(10)13/h1-4,8,12,21,24H,5-7,9,20H2/t12-,15?/m0/s1. The monoisotopic (exact) mass is 341 g/mol. The van der Waals surface area contributed by atoms with Crippen LogP contribution in [0.25, 0.3) is 10.9 Å². The Labute approximate surface area is 136 Å². The molecule has 1 aliphatic heterocycles. The number of halogens is 3. The fourth-order valence-electron chi connectivity index (χ4n) is 3.07. The van der Waals surface area contributed by atoms with Gasteiger partial charge in [0.15, 0.2) is 5.60 Å². The number of rotatable bonds is 3. The van der Waals surface area contributed by atoms with Crippen LogP contribution in [0, 0.1) is 0 Å². The lowest BCUT2D eigenvalue weighted by Crippen LogP contribution is -2.50. The molecular weight excluding hydrogens is 323 g/mol. The predicted octanol–water partition coefficient (Wildman–Crippen LogP) is 1.56. The van der Waals surface area contributed by atoms with E-state index in [2.05, 4.69) is 4.98 Å². The second-order valence-corrected chi connectivity index (χ2v) is 6.21. The molecule has 0 spiro atoms. The number of nitrogens with zero attached hydrogens (tertiary/aromatic N) is 1. The van der Waals surface area contributed by atoms with Crippen molar-refractivity contribution in [2.24, 2.45) is 5.73 Å². The molecule has 2 aromatic rings. The summed E-state index contributed by atoms with van der Waals surface area (Å²) in [7, 11) is 0. The first-order valence-electron chi connectivity index (χ1n) is 7.60. The highest BCUT2D eigenvalue weighted by Gasteiger charge is 2.58. The van der Waals surface area contributed by atoms with Gasteiger partial charge in [0.2, 0.25) is 5.91 Å². The first-order valence-corrected chi connectivity index (χ1v) is 7.60. The maximum Gasteiger partial charge on any atom is 0.419 e. The Bertz CT molecular complexity index is 758. The van der Waals surface area contributed by atoms with E-state index in [4.69, 9.17) is 5.73 Å². The van der Waals surface area contributed by atoms with E-state index in [-0.39, 0.29) is 13.0 Å². The van der Waals surface area contributed by atoms with E-state index in [1.807, 2.05) is 24.3 Å². The van der Waals surface area contributed by atoms with E-state index in [9.17, 15) is 23.1 Å². The summed E-state index contributed by atoms with van der Waals surface area (Å²) < 4.78 is 38.5. The third-order valence-electron chi connectivity index (χ3n) is 4.52. The summed E-state index contributed by atoms with van der Waals surface area (Å²) in [6, 6.07) is 6.54. The number of aromatic nitrogens is 1. The zero-order valence-corrected chi connectivity index (χ0v) is 12.8. The normalized spacial score (nSPS) is 23.0. The highest BCUT2D eigenvalue weighted by Crippen LogP contribution is 2.37. The van der Waals surface area contributed by atoms with Gasteiger partial charge in [0, 0.05) is 30.1 Å². The molecule has 2 heterocycles. The second kappa shape index (κ2) is 5.78. The fourth-order valence-corrected chi connectivity index (χ4v) is 3.07. The highest BCUT2D eigenvalue weighted by molar-refractivity contribution is 5.86. The molecule has 1 fully saturated rings. The van der Waals surface area contributed by atoms with E-state index in [0.717, 1.165) is 21.4 Å². The van der Waals surface area contributed by atoms with Crippen molar-refractivity contribution >= 4 is 16.8 Å². The largest absolute Gasteiger partial charge is 0.419 e. The Balaban J connectivity index is 1.70. The number of nitrogens with two attached hydrogens (primary N) is 1. The molecule has 1 aromatic heterocycles. The van der Waals surface area contributed by atoms with Gasteiger partial charge in [0.1, 0.15) is 0 Å². The summed E-state index contributed by atoms with van der Waals surface area (Å²) in [6.07, 6.45) is -3.33. The van der Waals surface area contributed by atoms with Gasteiger partial charge in [0.25, 0.3) is 0 Å². The first kappa shape index (κ1) is 16.8. The molecule has 3 rings (SSSR count). The molecule has 1 amide bonds. The van der Waals surface area contributed by atoms with Crippen molar-refractivity contribution < 1.29 is 23.1 Å². The quantitative estimate of drug-likeness (QED) is 0.792. The lowest BCUT2D eigenvalue weighted by Gasteiger charge is -2.26. The van der Waals surface area contributed by atoms with Crippen molar-refractivity contribution in [2.45, 2.75) is 30.7 Å². The summed E-state index contributed by atoms with van der Waals surface area (Å²) in [5, 5.41) is 10.6. The minimum absolute atomic E-state index is 0.156. The maximum atomic E-state index is 12.8. The molecule has 2 atom stereocenters. The zero-order valence-electron chi connectivity index (χ0n) is 12.8. The molecule has 130 valence electrons. The van der Waals surface area contributed by atoms with Gasteiger partial charge in [0.05, 0.1) is 12.6 Å². The molecule has 0 bridgehead atoms. The van der Waals surface area contributed by atoms with Crippen LogP contribution < -0.4 is 5.73 Å². The molecule has 5 nitrogen and oxygen atoms in total. The number of H-pyrrole nitrogens is 1. The summed E-state index contributed by atoms with van der Waals surface area (Å²) in [5.41, 5.74) is 4.80. The highest BCUT2D eigenvalue weighted by atomic mass is 19.4. The van der Waals surface area contributed by atoms with Crippen LogP contribution in [-0.2, 0) is 11.2 Å². The average molecular weight is 341 g/mol. The maximum absolute atomic E-state index is 12.8. The van der Waals surface area contributed by atoms with E-state index >= 15 is 0 Å². The molecule has 1 aliphatic rings. The minimum Gasteiger partial charge on any atom is -0.379 e. The lowest BCUT2D eigenvalue weighted by atomic mass is 10.0. The number of β-amino-alcohol motifs (C(OH)–C–C–N with tert-alkyl or cyclic N) is 1. The van der Waals surface area contributed by atoms with Crippen LogP contribution in [0.4, 0.5) is 13.2 Å². The summed E-state index contributed by atoms with van der Waals surface area (Å²) in [6.45, 7) is -0.923. The number of alkyl halides is 3. The minimum atomic E-state index is -4.76. The van der Waals surface area contributed by atoms with Crippen LogP contribution in [0.5, 0.6) is 0 Å². The number of aliphatic hydroxyl groups is 1. The van der Waals surface area contributed by atoms with Crippen molar-refractivity contribution in [1.82, 2.24) is 9.88 Å². The molecule has 1 unspecified atom stereocenters. The number of hydrogen-bond donors (Lipinski definition) is 3. The van der Waals surface area contributed by atoms with Crippen molar-refractivity contribution in [3.05, 3.63) is 36.0 Å². The smallest absolute Gasteiger partial charge is 0.379 e. The topological polar surface area (TPSA) is 82.4 Å². The number of likely N-dealkylation sites (tertiary alicyclic amines) is 1. The van der Waals surface area contributed by atoms with Gasteiger partial charge in [-0.25, -0.2) is 0 Å². The van der Waals surface area contributed by atoms with Crippen LogP contribution in [0.3, 0.4) is 0 Å². The number of fused-ring (bicyclic) bond motifs is 1. The number of para-hydroxylation sites is 1. The lowest BCUT2D eigenvalue weighted by molar-refractivity contribution is -0.253. The average Bonchev–Trinajstić information content (AvgIpc) is 3.11. The van der Waals surface area contributed by atoms with Crippen molar-refractivity contribution in [2.75, 3.05) is 13.1 Å². The molecule has 1 aromatic carbocycles. The summed E-state index contributed by atoms with van der Waals surface area (Å²) in [4.78, 5) is 16.4. The molecule has 1 saturated heterocycles. The Hall–Kier alpha value is -2.06. The summed E-state index contributed by atoms with van der Waals surface area (Å²) in [5.74, 6) is -0.583. The van der Waals surface area contributed by atoms with Crippen LogP contribution in [0.2, 0.25) is 0 Å². The molecule has 0 aliphatic carbocycles. The molecule has 0 radical (unpaired) electrons. The number of carbonyl (C=O) groups excluding carboxylic acids is 1. The van der Waals surface area contributed by atoms with Gasteiger partial charge in [-0.05, 0) is 18.1 Å². The fraction of sp³-hybridized carbons (Fsp3) is 0.438. The SMILES string of the molecule is N[C@@H](Cc1c[nH]c2ccccc12)C(=O)N1CCC(O)(C(F)(F)F)C1. The first-order chi connectivity index (χ1) is 11.2. The van der Waals surface area contributed by atoms with Crippen molar-refractivity contribution in [1.29, 1.82) is 0 Å². The van der Waals surface area contributed by atoms with Crippen LogP contribution >= 0.6 is 0 Å². The Morgan fingerprint density at radius 2 is 2.12 bits per heavy atom. The van der Waals surface area contributed by atoms with Gasteiger partial charge < -0.3 is 20.7 Å². The van der Waals surface area contributed by atoms with E-state index < -0.39 is 36.7 Å². The third-order valence-corrected chi connectivity index (χ3v) is 4.52. The third kappa shape index (κ3) is 2.87. The van der Waals surface area contributed by atoms with Gasteiger partial charge >= 0.3 is 6.18 Å². The number of nitrogens with one attached hydrogen (secondary N) is 1. The second-order valence-electron chi connectivity index (χ2n) is 6.21. The van der Waals surface area contributed by atoms with E-state index in [0.29, 0.717) is 0 Å². The Kier molecular flexibility index (Phi) is 4.05. The molecular formula is C16H18F3N3O2.